The van der Waals surface area contributed by atoms with Crippen LogP contribution < -0.4 is 0 Å². The highest BCUT2D eigenvalue weighted by molar-refractivity contribution is 5.88. The van der Waals surface area contributed by atoms with Crippen LogP contribution in [-0.2, 0) is 9.53 Å². The van der Waals surface area contributed by atoms with Gasteiger partial charge in [-0.25, -0.2) is 10.2 Å². The van der Waals surface area contributed by atoms with E-state index in [1.54, 1.807) is 13.8 Å². The van der Waals surface area contributed by atoms with Gasteiger partial charge in [0.25, 0.3) is 0 Å². The number of carbonyl (C=O) groups excluding carboxylic acids is 1. The second kappa shape index (κ2) is 6.11. The zero-order chi connectivity index (χ0) is 11.1. The highest BCUT2D eigenvalue weighted by Gasteiger charge is 2.13. The molecule has 0 aliphatic carbocycles. The molecule has 0 fully saturated rings. The summed E-state index contributed by atoms with van der Waals surface area (Å²) in [6.45, 7) is 7.54. The second-order valence-electron chi connectivity index (χ2n) is 3.11. The van der Waals surface area contributed by atoms with Crippen LogP contribution in [0.5, 0.6) is 0 Å². The number of nitrogens with one attached hydrogen (secondary N) is 1. The quantitative estimate of drug-likeness (QED) is 0.425. The Labute approximate surface area is 84.2 Å². The number of allylic oxidation sites excluding steroid dienone is 1. The summed E-state index contributed by atoms with van der Waals surface area (Å²) in [5.41, 5.74) is 1.00. The lowest BCUT2D eigenvalue weighted by Crippen LogP contribution is -2.09. The van der Waals surface area contributed by atoms with E-state index in [2.05, 4.69) is 4.99 Å². The molecule has 0 aromatic heterocycles. The van der Waals surface area contributed by atoms with Crippen LogP contribution in [-0.4, -0.2) is 18.6 Å². The van der Waals surface area contributed by atoms with Gasteiger partial charge in [0.1, 0.15) is 0 Å². The van der Waals surface area contributed by atoms with E-state index in [1.165, 1.54) is 0 Å². The molecule has 0 aromatic rings. The van der Waals surface area contributed by atoms with Gasteiger partial charge in [-0.3, -0.25) is 0 Å². The monoisotopic (exact) mass is 196 g/mol. The summed E-state index contributed by atoms with van der Waals surface area (Å²) in [6, 6.07) is 1.94. The van der Waals surface area contributed by atoms with Crippen LogP contribution in [0.4, 0.5) is 0 Å². The van der Waals surface area contributed by atoms with E-state index in [9.17, 15) is 4.79 Å². The van der Waals surface area contributed by atoms with Gasteiger partial charge < -0.3 is 4.74 Å². The fraction of sp³-hybridized carbons (Fsp3) is 0.600. The van der Waals surface area contributed by atoms with Crippen LogP contribution >= 0.6 is 0 Å². The van der Waals surface area contributed by atoms with Gasteiger partial charge in [-0.1, -0.05) is 13.8 Å². The lowest BCUT2D eigenvalue weighted by Gasteiger charge is -2.08. The van der Waals surface area contributed by atoms with Gasteiger partial charge in [-0.2, -0.15) is 4.99 Å². The van der Waals surface area contributed by atoms with Crippen molar-refractivity contribution in [3.63, 3.8) is 0 Å². The van der Waals surface area contributed by atoms with E-state index in [0.29, 0.717) is 17.9 Å². The van der Waals surface area contributed by atoms with Crippen LogP contribution in [0.25, 0.3) is 0 Å². The van der Waals surface area contributed by atoms with Crippen molar-refractivity contribution >= 4 is 12.0 Å². The SMILES string of the molecule is CCOC(=O)C(C)=C(N=C=N)C(C)C. The summed E-state index contributed by atoms with van der Waals surface area (Å²) in [5.74, 6) is -0.299. The van der Waals surface area contributed by atoms with Gasteiger partial charge >= 0.3 is 5.97 Å². The predicted octanol–water partition coefficient (Wildman–Crippen LogP) is 2.23. The molecule has 0 unspecified atom stereocenters. The molecule has 0 aliphatic rings. The van der Waals surface area contributed by atoms with Crippen LogP contribution in [0, 0.1) is 11.3 Å². The maximum absolute atomic E-state index is 11.3. The fourth-order valence-corrected chi connectivity index (χ4v) is 1.05. The van der Waals surface area contributed by atoms with E-state index in [0.717, 1.165) is 0 Å². The Hall–Kier alpha value is -1.41. The Bertz CT molecular complexity index is 286. The summed E-state index contributed by atoms with van der Waals surface area (Å²) in [5, 5.41) is 6.76. The van der Waals surface area contributed by atoms with Gasteiger partial charge in [-0.15, -0.1) is 0 Å². The maximum atomic E-state index is 11.3. The third-order valence-corrected chi connectivity index (χ3v) is 1.69. The standard InChI is InChI=1S/C10H16N2O2/c1-5-14-10(13)8(4)9(7(2)3)12-6-11/h7,11H,5H2,1-4H3. The van der Waals surface area contributed by atoms with Gasteiger partial charge in [-0.05, 0) is 19.8 Å². The summed E-state index contributed by atoms with van der Waals surface area (Å²) in [7, 11) is 0. The van der Waals surface area contributed by atoms with Gasteiger partial charge in [0.05, 0.1) is 23.9 Å². The van der Waals surface area contributed by atoms with Crippen molar-refractivity contribution in [3.8, 4) is 0 Å². The third-order valence-electron chi connectivity index (χ3n) is 1.69. The Morgan fingerprint density at radius 3 is 2.50 bits per heavy atom. The molecule has 0 heterocycles. The molecule has 0 spiro atoms. The molecule has 0 amide bonds. The van der Waals surface area contributed by atoms with Gasteiger partial charge in [0, 0.05) is 0 Å². The van der Waals surface area contributed by atoms with Crippen LogP contribution in [0.1, 0.15) is 27.7 Å². The third kappa shape index (κ3) is 3.54. The summed E-state index contributed by atoms with van der Waals surface area (Å²) >= 11 is 0. The highest BCUT2D eigenvalue weighted by Crippen LogP contribution is 2.16. The van der Waals surface area contributed by atoms with Crippen molar-refractivity contribution in [1.29, 1.82) is 5.41 Å². The second-order valence-corrected chi connectivity index (χ2v) is 3.11. The number of esters is 1. The van der Waals surface area contributed by atoms with Crippen LogP contribution in [0.3, 0.4) is 0 Å². The molecule has 0 radical (unpaired) electrons. The summed E-state index contributed by atoms with van der Waals surface area (Å²) < 4.78 is 4.84. The fourth-order valence-electron chi connectivity index (χ4n) is 1.05. The molecule has 14 heavy (non-hydrogen) atoms. The average molecular weight is 196 g/mol. The first-order valence-electron chi connectivity index (χ1n) is 4.54. The molecule has 78 valence electrons. The molecule has 4 nitrogen and oxygen atoms in total. The van der Waals surface area contributed by atoms with Crippen molar-refractivity contribution < 1.29 is 9.53 Å². The predicted molar refractivity (Wildman–Crippen MR) is 54.3 cm³/mol. The molecule has 0 aromatic carbocycles. The number of hydrogen-bond donors (Lipinski definition) is 1. The number of rotatable bonds is 4. The van der Waals surface area contributed by atoms with Crippen molar-refractivity contribution in [2.24, 2.45) is 10.9 Å². The first-order chi connectivity index (χ1) is 6.54. The lowest BCUT2D eigenvalue weighted by molar-refractivity contribution is -0.138. The molecule has 0 saturated heterocycles. The number of carbonyl (C=O) groups is 1. The maximum Gasteiger partial charge on any atom is 0.335 e. The molecular formula is C10H16N2O2. The molecule has 0 rings (SSSR count). The summed E-state index contributed by atoms with van der Waals surface area (Å²) in [4.78, 5) is 15.1. The number of ether oxygens (including phenoxy) is 1. The van der Waals surface area contributed by atoms with Crippen molar-refractivity contribution in [2.45, 2.75) is 27.7 Å². The van der Waals surface area contributed by atoms with Gasteiger partial charge in [0.2, 0.25) is 0 Å². The Morgan fingerprint density at radius 2 is 2.14 bits per heavy atom. The molecule has 0 bridgehead atoms. The Balaban J connectivity index is 4.98. The molecule has 0 saturated carbocycles. The van der Waals surface area contributed by atoms with Crippen molar-refractivity contribution in [1.82, 2.24) is 0 Å². The van der Waals surface area contributed by atoms with Crippen molar-refractivity contribution in [3.05, 3.63) is 11.3 Å². The smallest absolute Gasteiger partial charge is 0.335 e. The zero-order valence-electron chi connectivity index (χ0n) is 9.05. The molecule has 0 aliphatic heterocycles. The van der Waals surface area contributed by atoms with Crippen molar-refractivity contribution in [2.75, 3.05) is 6.61 Å². The topological polar surface area (TPSA) is 62.5 Å². The first-order valence-corrected chi connectivity index (χ1v) is 4.54. The minimum Gasteiger partial charge on any atom is -0.463 e. The van der Waals surface area contributed by atoms with E-state index < -0.39 is 0 Å². The molecule has 1 N–H and O–H groups in total. The number of nitrogens with zero attached hydrogens (tertiary/aromatic N) is 1. The number of aliphatic imine (C=N–C) groups is 1. The van der Waals surface area contributed by atoms with Crippen LogP contribution in [0.15, 0.2) is 16.3 Å². The molecular weight excluding hydrogens is 180 g/mol. The average Bonchev–Trinajstić information content (AvgIpc) is 2.13. The molecule has 0 atom stereocenters. The Morgan fingerprint density at radius 1 is 1.57 bits per heavy atom. The zero-order valence-corrected chi connectivity index (χ0v) is 9.05. The van der Waals surface area contributed by atoms with E-state index in [1.807, 2.05) is 19.9 Å². The van der Waals surface area contributed by atoms with E-state index >= 15 is 0 Å². The number of hydrogen-bond acceptors (Lipinski definition) is 4. The normalized spacial score (nSPS) is 11.8. The van der Waals surface area contributed by atoms with Crippen LogP contribution in [0.2, 0.25) is 0 Å². The summed E-state index contributed by atoms with van der Waals surface area (Å²) in [6.07, 6.45) is 0. The molecule has 4 heteroatoms. The van der Waals surface area contributed by atoms with Gasteiger partial charge in [0.15, 0.2) is 0 Å². The highest BCUT2D eigenvalue weighted by atomic mass is 16.5. The minimum atomic E-state index is -0.379. The minimum absolute atomic E-state index is 0.0808. The van der Waals surface area contributed by atoms with E-state index in [-0.39, 0.29) is 11.9 Å². The lowest BCUT2D eigenvalue weighted by atomic mass is 10.1. The first kappa shape index (κ1) is 12.6. The largest absolute Gasteiger partial charge is 0.463 e. The van der Waals surface area contributed by atoms with E-state index in [4.69, 9.17) is 10.1 Å². The Kier molecular flexibility index (Phi) is 5.49.